The summed E-state index contributed by atoms with van der Waals surface area (Å²) in [5.41, 5.74) is 0.0244. The van der Waals surface area contributed by atoms with Crippen LogP contribution < -0.4 is 24.4 Å². The second-order valence-corrected chi connectivity index (χ2v) is 9.21. The molecule has 2 aromatic carbocycles. The minimum absolute atomic E-state index is 0.130. The van der Waals surface area contributed by atoms with E-state index in [0.717, 1.165) is 4.90 Å². The van der Waals surface area contributed by atoms with Gasteiger partial charge in [0.15, 0.2) is 28.3 Å². The number of carbonyl (C=O) groups excluding carboxylic acids is 1. The van der Waals surface area contributed by atoms with Crippen molar-refractivity contribution in [3.63, 3.8) is 0 Å². The van der Waals surface area contributed by atoms with Crippen LogP contribution >= 0.6 is 11.8 Å². The zero-order valence-electron chi connectivity index (χ0n) is 21.9. The summed E-state index contributed by atoms with van der Waals surface area (Å²) in [6.07, 6.45) is -1.24. The minimum Gasteiger partial charge on any atom is -0.492 e. The van der Waals surface area contributed by atoms with Gasteiger partial charge in [-0.05, 0) is 38.1 Å². The lowest BCUT2D eigenvalue weighted by Gasteiger charge is -2.21. The van der Waals surface area contributed by atoms with Crippen molar-refractivity contribution in [2.45, 2.75) is 36.2 Å². The van der Waals surface area contributed by atoms with Crippen molar-refractivity contribution in [2.75, 3.05) is 42.0 Å². The Morgan fingerprint density at radius 2 is 1.65 bits per heavy atom. The molecule has 1 aromatic heterocycles. The van der Waals surface area contributed by atoms with Crippen LogP contribution in [0.5, 0.6) is 23.0 Å². The lowest BCUT2D eigenvalue weighted by Crippen LogP contribution is -2.37. The minimum atomic E-state index is -0.554. The van der Waals surface area contributed by atoms with Crippen molar-refractivity contribution in [3.05, 3.63) is 46.6 Å². The first-order chi connectivity index (χ1) is 17.7. The maximum Gasteiger partial charge on any atom is 0.415 e. The molecule has 1 amide bonds. The van der Waals surface area contributed by atoms with Gasteiger partial charge >= 0.3 is 6.09 Å². The first-order valence-corrected chi connectivity index (χ1v) is 12.2. The van der Waals surface area contributed by atoms with E-state index in [1.54, 1.807) is 37.4 Å². The molecule has 11 heteroatoms. The van der Waals surface area contributed by atoms with Crippen molar-refractivity contribution in [2.24, 2.45) is 0 Å². The van der Waals surface area contributed by atoms with E-state index in [2.05, 4.69) is 0 Å². The normalized spacial score (nSPS) is 11.2. The standard InChI is InChI=1S/C26H31NO9S/c1-15(2)34-20-13-19-23(25(33-7)24(20)32-6)18(28)12-22(36-19)37-17-10-8-16(9-11-17)35-26(29)27(3)14-21(30-4)31-5/h8-13,15,21H,14H2,1-7H3. The van der Waals surface area contributed by atoms with Crippen LogP contribution in [-0.2, 0) is 9.47 Å². The molecule has 0 radical (unpaired) electrons. The fourth-order valence-electron chi connectivity index (χ4n) is 3.42. The van der Waals surface area contributed by atoms with E-state index in [9.17, 15) is 9.59 Å². The SMILES string of the molecule is COc1c(OC(C)C)cc2oc(Sc3ccc(OC(=O)N(C)CC(OC)OC)cc3)cc(=O)c2c1OC. The molecule has 0 saturated heterocycles. The topological polar surface area (TPSA) is 106 Å². The number of amides is 1. The van der Waals surface area contributed by atoms with Crippen molar-refractivity contribution in [3.8, 4) is 23.0 Å². The predicted molar refractivity (Wildman–Crippen MR) is 138 cm³/mol. The van der Waals surface area contributed by atoms with E-state index in [4.69, 9.17) is 32.8 Å². The van der Waals surface area contributed by atoms with E-state index >= 15 is 0 Å². The molecule has 0 spiro atoms. The van der Waals surface area contributed by atoms with Gasteiger partial charge in [0.1, 0.15) is 16.7 Å². The molecule has 0 aliphatic carbocycles. The zero-order chi connectivity index (χ0) is 27.1. The molecule has 1 heterocycles. The predicted octanol–water partition coefficient (Wildman–Crippen LogP) is 4.80. The van der Waals surface area contributed by atoms with Gasteiger partial charge in [0.25, 0.3) is 0 Å². The Bertz CT molecular complexity index is 1270. The van der Waals surface area contributed by atoms with Gasteiger partial charge < -0.3 is 37.7 Å². The monoisotopic (exact) mass is 533 g/mol. The number of likely N-dealkylation sites (N-methyl/N-ethyl adjacent to an activating group) is 1. The number of fused-ring (bicyclic) bond motifs is 1. The lowest BCUT2D eigenvalue weighted by molar-refractivity contribution is -0.110. The number of hydrogen-bond donors (Lipinski definition) is 0. The highest BCUT2D eigenvalue weighted by Gasteiger charge is 2.22. The lowest BCUT2D eigenvalue weighted by atomic mass is 10.1. The average molecular weight is 534 g/mol. The smallest absolute Gasteiger partial charge is 0.415 e. The van der Waals surface area contributed by atoms with Gasteiger partial charge in [0.05, 0.1) is 26.9 Å². The van der Waals surface area contributed by atoms with Gasteiger partial charge in [-0.3, -0.25) is 4.79 Å². The van der Waals surface area contributed by atoms with E-state index < -0.39 is 12.4 Å². The molecular formula is C26H31NO9S. The second-order valence-electron chi connectivity index (χ2n) is 8.13. The number of carbonyl (C=O) groups is 1. The fraction of sp³-hybridized carbons (Fsp3) is 0.385. The Morgan fingerprint density at radius 1 is 1.00 bits per heavy atom. The van der Waals surface area contributed by atoms with Crippen LogP contribution in [0.2, 0.25) is 0 Å². The van der Waals surface area contributed by atoms with Gasteiger partial charge in [0.2, 0.25) is 5.75 Å². The Hall–Kier alpha value is -3.41. The maximum atomic E-state index is 13.0. The van der Waals surface area contributed by atoms with E-state index in [1.165, 1.54) is 51.2 Å². The van der Waals surface area contributed by atoms with Crippen LogP contribution in [0.25, 0.3) is 11.0 Å². The summed E-state index contributed by atoms with van der Waals surface area (Å²) >= 11 is 1.24. The Kier molecular flexibility index (Phi) is 9.67. The highest BCUT2D eigenvalue weighted by Crippen LogP contribution is 2.43. The van der Waals surface area contributed by atoms with Crippen molar-refractivity contribution in [1.82, 2.24) is 4.90 Å². The third-order valence-corrected chi connectivity index (χ3v) is 6.06. The Balaban J connectivity index is 1.81. The Labute approximate surface area is 219 Å². The number of ether oxygens (including phenoxy) is 6. The number of nitrogens with zero attached hydrogens (tertiary/aromatic N) is 1. The van der Waals surface area contributed by atoms with E-state index in [1.807, 2.05) is 13.8 Å². The molecule has 0 N–H and O–H groups in total. The molecule has 0 fully saturated rings. The summed E-state index contributed by atoms with van der Waals surface area (Å²) in [4.78, 5) is 27.4. The van der Waals surface area contributed by atoms with Crippen molar-refractivity contribution in [1.29, 1.82) is 0 Å². The molecule has 200 valence electrons. The van der Waals surface area contributed by atoms with Crippen LogP contribution in [0, 0.1) is 0 Å². The second kappa shape index (κ2) is 12.7. The van der Waals surface area contributed by atoms with Gasteiger partial charge in [-0.1, -0.05) is 11.8 Å². The highest BCUT2D eigenvalue weighted by molar-refractivity contribution is 7.99. The van der Waals surface area contributed by atoms with Gasteiger partial charge in [0, 0.05) is 38.3 Å². The fourth-order valence-corrected chi connectivity index (χ4v) is 4.22. The molecule has 3 rings (SSSR count). The van der Waals surface area contributed by atoms with Crippen molar-refractivity contribution >= 4 is 28.8 Å². The molecule has 10 nitrogen and oxygen atoms in total. The first kappa shape index (κ1) is 28.2. The molecule has 0 bridgehead atoms. The molecule has 37 heavy (non-hydrogen) atoms. The molecule has 0 unspecified atom stereocenters. The van der Waals surface area contributed by atoms with Gasteiger partial charge in [-0.25, -0.2) is 4.79 Å². The number of methoxy groups -OCH3 is 4. The summed E-state index contributed by atoms with van der Waals surface area (Å²) < 4.78 is 38.4. The summed E-state index contributed by atoms with van der Waals surface area (Å²) in [6.45, 7) is 3.97. The number of hydrogen-bond acceptors (Lipinski definition) is 10. The van der Waals surface area contributed by atoms with Crippen LogP contribution in [0.1, 0.15) is 13.8 Å². The molecule has 0 aliphatic heterocycles. The van der Waals surface area contributed by atoms with Crippen molar-refractivity contribution < 1.29 is 37.6 Å². The first-order valence-electron chi connectivity index (χ1n) is 11.4. The highest BCUT2D eigenvalue weighted by atomic mass is 32.2. The summed E-state index contributed by atoms with van der Waals surface area (Å²) in [7, 11) is 7.51. The van der Waals surface area contributed by atoms with Gasteiger partial charge in [-0.2, -0.15) is 0 Å². The third kappa shape index (κ3) is 6.88. The average Bonchev–Trinajstić information content (AvgIpc) is 2.86. The Morgan fingerprint density at radius 3 is 2.22 bits per heavy atom. The third-order valence-electron chi connectivity index (χ3n) is 5.15. The summed E-state index contributed by atoms with van der Waals surface area (Å²) in [5, 5.41) is 0.630. The van der Waals surface area contributed by atoms with Crippen LogP contribution in [-0.4, -0.2) is 65.4 Å². The van der Waals surface area contributed by atoms with Crippen LogP contribution in [0.4, 0.5) is 4.79 Å². The summed E-state index contributed by atoms with van der Waals surface area (Å²) in [6, 6.07) is 9.83. The van der Waals surface area contributed by atoms with Crippen LogP contribution in [0.3, 0.4) is 0 Å². The van der Waals surface area contributed by atoms with Gasteiger partial charge in [-0.15, -0.1) is 0 Å². The molecule has 0 aliphatic rings. The largest absolute Gasteiger partial charge is 0.492 e. The molecule has 3 aromatic rings. The number of benzene rings is 2. The molecular weight excluding hydrogens is 502 g/mol. The maximum absolute atomic E-state index is 13.0. The molecule has 0 atom stereocenters. The quantitative estimate of drug-likeness (QED) is 0.319. The summed E-state index contributed by atoms with van der Waals surface area (Å²) in [5.74, 6) is 1.34. The molecule has 0 saturated carbocycles. The zero-order valence-corrected chi connectivity index (χ0v) is 22.7. The van der Waals surface area contributed by atoms with Crippen LogP contribution in [0.15, 0.2) is 55.6 Å². The van der Waals surface area contributed by atoms with E-state index in [-0.39, 0.29) is 29.2 Å². The number of rotatable bonds is 11. The van der Waals surface area contributed by atoms with E-state index in [0.29, 0.717) is 27.9 Å².